The SMILES string of the molecule is c1ccc(-c2nc(-c3ccc(-c4ccc5nc(-c6ccccc6)c(-c6ccccc6)nc5c4)cc3)nc(-c3ccc4c(c3)sc3ccccc34)n2)cc1. The number of hydrogen-bond donors (Lipinski definition) is 0. The standard InChI is InChI=1S/C47H29N5S/c1-4-12-31(13-5-1)43-44(32-14-6-2-7-15-32)49-40-28-35(25-27-39(40)48-43)30-20-22-34(23-21-30)46-50-45(33-16-8-3-9-17-33)51-47(52-46)36-24-26-38-37-18-10-11-19-41(37)53-42(38)29-36/h1-29H. The summed E-state index contributed by atoms with van der Waals surface area (Å²) in [5.41, 5.74) is 10.4. The molecule has 0 aliphatic heterocycles. The van der Waals surface area contributed by atoms with Crippen LogP contribution >= 0.6 is 11.3 Å². The minimum absolute atomic E-state index is 0.627. The van der Waals surface area contributed by atoms with Gasteiger partial charge in [0.15, 0.2) is 17.5 Å². The van der Waals surface area contributed by atoms with Crippen LogP contribution < -0.4 is 0 Å². The Bertz CT molecular complexity index is 2930. The van der Waals surface area contributed by atoms with Gasteiger partial charge in [0.1, 0.15) is 0 Å². The largest absolute Gasteiger partial charge is 0.244 e. The molecule has 6 heteroatoms. The predicted octanol–water partition coefficient (Wildman–Crippen LogP) is 12.2. The van der Waals surface area contributed by atoms with Crippen LogP contribution in [-0.2, 0) is 0 Å². The Morgan fingerprint density at radius 1 is 0.283 bits per heavy atom. The van der Waals surface area contributed by atoms with Gasteiger partial charge in [0.2, 0.25) is 0 Å². The maximum absolute atomic E-state index is 5.19. The summed E-state index contributed by atoms with van der Waals surface area (Å²) < 4.78 is 2.48. The van der Waals surface area contributed by atoms with Crippen molar-refractivity contribution < 1.29 is 0 Å². The molecular formula is C47H29N5S. The lowest BCUT2D eigenvalue weighted by Gasteiger charge is -2.12. The lowest BCUT2D eigenvalue weighted by Crippen LogP contribution is -2.00. The van der Waals surface area contributed by atoms with E-state index in [0.29, 0.717) is 17.5 Å². The zero-order valence-electron chi connectivity index (χ0n) is 28.4. The Labute approximate surface area is 310 Å². The van der Waals surface area contributed by atoms with Crippen LogP contribution in [-0.4, -0.2) is 24.9 Å². The van der Waals surface area contributed by atoms with Crippen LogP contribution in [0.3, 0.4) is 0 Å². The van der Waals surface area contributed by atoms with Gasteiger partial charge in [0.05, 0.1) is 22.4 Å². The average molecular weight is 696 g/mol. The fourth-order valence-electron chi connectivity index (χ4n) is 6.86. The van der Waals surface area contributed by atoms with Gasteiger partial charge in [-0.25, -0.2) is 24.9 Å². The second-order valence-electron chi connectivity index (χ2n) is 12.9. The zero-order valence-corrected chi connectivity index (χ0v) is 29.2. The molecule has 10 aromatic rings. The maximum atomic E-state index is 5.19. The summed E-state index contributed by atoms with van der Waals surface area (Å²) in [6.07, 6.45) is 0. The molecule has 0 aliphatic rings. The zero-order chi connectivity index (χ0) is 35.1. The molecule has 0 amide bonds. The molecule has 0 radical (unpaired) electrons. The van der Waals surface area contributed by atoms with Crippen molar-refractivity contribution in [1.82, 2.24) is 24.9 Å². The second-order valence-corrected chi connectivity index (χ2v) is 14.0. The van der Waals surface area contributed by atoms with Crippen LogP contribution in [0.2, 0.25) is 0 Å². The molecule has 0 spiro atoms. The van der Waals surface area contributed by atoms with E-state index in [2.05, 4.69) is 109 Å². The number of benzene rings is 7. The minimum Gasteiger partial charge on any atom is -0.244 e. The number of fused-ring (bicyclic) bond motifs is 4. The maximum Gasteiger partial charge on any atom is 0.164 e. The quantitative estimate of drug-likeness (QED) is 0.173. The first-order chi connectivity index (χ1) is 26.2. The van der Waals surface area contributed by atoms with Gasteiger partial charge in [-0.05, 0) is 35.4 Å². The molecule has 0 saturated carbocycles. The third-order valence-electron chi connectivity index (χ3n) is 9.54. The molecule has 0 saturated heterocycles. The molecule has 53 heavy (non-hydrogen) atoms. The number of thiophene rings is 1. The van der Waals surface area contributed by atoms with Gasteiger partial charge in [-0.2, -0.15) is 0 Å². The highest BCUT2D eigenvalue weighted by Gasteiger charge is 2.16. The average Bonchev–Trinajstić information content (AvgIpc) is 3.62. The van der Waals surface area contributed by atoms with Gasteiger partial charge >= 0.3 is 0 Å². The lowest BCUT2D eigenvalue weighted by molar-refractivity contribution is 1.07. The van der Waals surface area contributed by atoms with Gasteiger partial charge in [-0.15, -0.1) is 11.3 Å². The van der Waals surface area contributed by atoms with Crippen molar-refractivity contribution in [2.24, 2.45) is 0 Å². The molecule has 248 valence electrons. The number of rotatable bonds is 6. The van der Waals surface area contributed by atoms with Crippen molar-refractivity contribution in [2.75, 3.05) is 0 Å². The Morgan fingerprint density at radius 3 is 1.42 bits per heavy atom. The van der Waals surface area contributed by atoms with Crippen molar-refractivity contribution in [3.63, 3.8) is 0 Å². The van der Waals surface area contributed by atoms with Gasteiger partial charge in [0.25, 0.3) is 0 Å². The first kappa shape index (κ1) is 30.9. The van der Waals surface area contributed by atoms with E-state index in [9.17, 15) is 0 Å². The van der Waals surface area contributed by atoms with E-state index in [1.54, 1.807) is 11.3 Å². The number of hydrogen-bond acceptors (Lipinski definition) is 6. The fraction of sp³-hybridized carbons (Fsp3) is 0. The van der Waals surface area contributed by atoms with Crippen LogP contribution in [0.1, 0.15) is 0 Å². The van der Waals surface area contributed by atoms with Crippen LogP contribution in [0.15, 0.2) is 176 Å². The normalized spacial score (nSPS) is 11.4. The Hall–Kier alpha value is -6.89. The van der Waals surface area contributed by atoms with Crippen molar-refractivity contribution in [3.8, 4) is 67.8 Å². The molecule has 7 aromatic carbocycles. The highest BCUT2D eigenvalue weighted by molar-refractivity contribution is 7.25. The molecule has 5 nitrogen and oxygen atoms in total. The summed E-state index contributed by atoms with van der Waals surface area (Å²) >= 11 is 1.79. The molecule has 0 bridgehead atoms. The molecule has 3 heterocycles. The van der Waals surface area contributed by atoms with Gasteiger partial charge in [-0.3, -0.25) is 0 Å². The second kappa shape index (κ2) is 13.0. The summed E-state index contributed by atoms with van der Waals surface area (Å²) in [7, 11) is 0. The van der Waals surface area contributed by atoms with E-state index >= 15 is 0 Å². The first-order valence-corrected chi connectivity index (χ1v) is 18.3. The van der Waals surface area contributed by atoms with E-state index in [-0.39, 0.29) is 0 Å². The highest BCUT2D eigenvalue weighted by Crippen LogP contribution is 2.37. The molecule has 0 atom stereocenters. The third kappa shape index (κ3) is 5.81. The summed E-state index contributed by atoms with van der Waals surface area (Å²) in [6.45, 7) is 0. The van der Waals surface area contributed by atoms with Crippen LogP contribution in [0.4, 0.5) is 0 Å². The van der Waals surface area contributed by atoms with Crippen LogP contribution in [0.25, 0.3) is 99.0 Å². The fourth-order valence-corrected chi connectivity index (χ4v) is 8.00. The first-order valence-electron chi connectivity index (χ1n) is 17.5. The topological polar surface area (TPSA) is 64.5 Å². The van der Waals surface area contributed by atoms with Crippen molar-refractivity contribution in [2.45, 2.75) is 0 Å². The van der Waals surface area contributed by atoms with Gasteiger partial charge < -0.3 is 0 Å². The number of aromatic nitrogens is 5. The smallest absolute Gasteiger partial charge is 0.164 e. The van der Waals surface area contributed by atoms with Crippen molar-refractivity contribution >= 4 is 42.5 Å². The minimum atomic E-state index is 0.627. The Morgan fingerprint density at radius 2 is 0.755 bits per heavy atom. The molecular weight excluding hydrogens is 667 g/mol. The molecule has 0 aliphatic carbocycles. The van der Waals surface area contributed by atoms with Crippen LogP contribution in [0, 0.1) is 0 Å². The summed E-state index contributed by atoms with van der Waals surface area (Å²) in [4.78, 5) is 25.3. The van der Waals surface area contributed by atoms with Crippen molar-refractivity contribution in [1.29, 1.82) is 0 Å². The Kier molecular flexibility index (Phi) is 7.59. The molecule has 10 rings (SSSR count). The van der Waals surface area contributed by atoms with Gasteiger partial charge in [0, 0.05) is 48.0 Å². The summed E-state index contributed by atoms with van der Waals surface area (Å²) in [6, 6.07) is 60.4. The van der Waals surface area contributed by atoms with E-state index in [4.69, 9.17) is 24.9 Å². The molecule has 0 fully saturated rings. The summed E-state index contributed by atoms with van der Waals surface area (Å²) in [5, 5.41) is 2.52. The monoisotopic (exact) mass is 695 g/mol. The predicted molar refractivity (Wildman–Crippen MR) is 218 cm³/mol. The molecule has 3 aromatic heterocycles. The lowest BCUT2D eigenvalue weighted by atomic mass is 10.0. The Balaban J connectivity index is 1.04. The van der Waals surface area contributed by atoms with E-state index < -0.39 is 0 Å². The number of nitrogens with zero attached hydrogens (tertiary/aromatic N) is 5. The van der Waals surface area contributed by atoms with E-state index in [0.717, 1.165) is 61.4 Å². The summed E-state index contributed by atoms with van der Waals surface area (Å²) in [5.74, 6) is 1.92. The van der Waals surface area contributed by atoms with Gasteiger partial charge in [-0.1, -0.05) is 152 Å². The van der Waals surface area contributed by atoms with E-state index in [1.165, 1.54) is 20.2 Å². The highest BCUT2D eigenvalue weighted by atomic mass is 32.1. The van der Waals surface area contributed by atoms with Crippen molar-refractivity contribution in [3.05, 3.63) is 176 Å². The van der Waals surface area contributed by atoms with Crippen LogP contribution in [0.5, 0.6) is 0 Å². The molecule has 0 N–H and O–H groups in total. The molecule has 0 unspecified atom stereocenters. The van der Waals surface area contributed by atoms with E-state index in [1.807, 2.05) is 66.7 Å². The third-order valence-corrected chi connectivity index (χ3v) is 10.7.